The summed E-state index contributed by atoms with van der Waals surface area (Å²) in [4.78, 5) is 41.4. The molecule has 1 aromatic carbocycles. The van der Waals surface area contributed by atoms with Gasteiger partial charge in [0.2, 0.25) is 11.5 Å². The molecule has 14 heteroatoms. The molecule has 4 heterocycles. The lowest BCUT2D eigenvalue weighted by atomic mass is 10.0. The van der Waals surface area contributed by atoms with Crippen molar-refractivity contribution < 1.29 is 27.1 Å². The summed E-state index contributed by atoms with van der Waals surface area (Å²) in [5.41, 5.74) is -2.95. The van der Waals surface area contributed by atoms with E-state index >= 15 is 8.78 Å². The van der Waals surface area contributed by atoms with Crippen LogP contribution in [0.3, 0.4) is 0 Å². The molecule has 1 amide bonds. The summed E-state index contributed by atoms with van der Waals surface area (Å²) in [5.74, 6) is -2.72. The van der Waals surface area contributed by atoms with Gasteiger partial charge in [-0.2, -0.15) is 0 Å². The van der Waals surface area contributed by atoms with E-state index in [-0.39, 0.29) is 29.0 Å². The number of ether oxygens (including phenoxy) is 1. The molecular weight excluding hydrogens is 558 g/mol. The van der Waals surface area contributed by atoms with Crippen molar-refractivity contribution in [2.24, 2.45) is 0 Å². The molecule has 2 saturated heterocycles. The molecule has 2 fully saturated rings. The van der Waals surface area contributed by atoms with Crippen LogP contribution in [-0.4, -0.2) is 84.3 Å². The molecule has 224 valence electrons. The molecule has 42 heavy (non-hydrogen) atoms. The number of aromatic amines is 1. The average molecular weight is 590 g/mol. The third-order valence-corrected chi connectivity index (χ3v) is 7.79. The highest BCUT2D eigenvalue weighted by Gasteiger charge is 2.32. The summed E-state index contributed by atoms with van der Waals surface area (Å²) in [6.07, 6.45) is 0.296. The number of benzene rings is 1. The Kier molecular flexibility index (Phi) is 8.45. The summed E-state index contributed by atoms with van der Waals surface area (Å²) in [6, 6.07) is 1.75. The second-order valence-corrected chi connectivity index (χ2v) is 10.5. The normalized spacial score (nSPS) is 19.8. The van der Waals surface area contributed by atoms with Gasteiger partial charge < -0.3 is 24.8 Å². The number of alkyl halides is 2. The van der Waals surface area contributed by atoms with Gasteiger partial charge in [0.1, 0.15) is 11.5 Å². The van der Waals surface area contributed by atoms with E-state index in [2.05, 4.69) is 25.2 Å². The van der Waals surface area contributed by atoms with Gasteiger partial charge in [-0.25, -0.2) is 27.5 Å². The maximum absolute atomic E-state index is 16.4. The molecule has 3 aromatic rings. The average Bonchev–Trinajstić information content (AvgIpc) is 2.97. The van der Waals surface area contributed by atoms with Crippen LogP contribution in [0.5, 0.6) is 0 Å². The Hall–Kier alpha value is -4.04. The minimum Gasteiger partial charge on any atom is -0.378 e. The fourth-order valence-electron chi connectivity index (χ4n) is 5.26. The van der Waals surface area contributed by atoms with E-state index in [1.54, 1.807) is 4.90 Å². The summed E-state index contributed by atoms with van der Waals surface area (Å²) in [5, 5.41) is 2.39. The molecule has 0 bridgehead atoms. The van der Waals surface area contributed by atoms with Crippen LogP contribution in [0.4, 0.5) is 34.9 Å². The second kappa shape index (κ2) is 12.1. The van der Waals surface area contributed by atoms with Crippen LogP contribution in [0.15, 0.2) is 35.5 Å². The van der Waals surface area contributed by atoms with Gasteiger partial charge in [-0.3, -0.25) is 14.5 Å². The van der Waals surface area contributed by atoms with Gasteiger partial charge in [0.15, 0.2) is 5.82 Å². The molecule has 0 unspecified atom stereocenters. The Bertz CT molecular complexity index is 1500. The number of hydrogen-bond donors (Lipinski definition) is 2. The van der Waals surface area contributed by atoms with Crippen molar-refractivity contribution in [3.8, 4) is 11.1 Å². The third-order valence-electron chi connectivity index (χ3n) is 7.79. The van der Waals surface area contributed by atoms with Crippen molar-refractivity contribution in [1.82, 2.24) is 19.9 Å². The number of rotatable bonds is 6. The minimum absolute atomic E-state index is 0.00821. The monoisotopic (exact) mass is 589 g/mol. The fraction of sp³-hybridized carbons (Fsp3) is 0.429. The van der Waals surface area contributed by atoms with Crippen molar-refractivity contribution in [1.29, 1.82) is 0 Å². The number of carbonyl (C=O) groups is 1. The van der Waals surface area contributed by atoms with Gasteiger partial charge in [-0.1, -0.05) is 0 Å². The smallest absolute Gasteiger partial charge is 0.264 e. The van der Waals surface area contributed by atoms with Crippen LogP contribution in [0.2, 0.25) is 0 Å². The van der Waals surface area contributed by atoms with E-state index in [9.17, 15) is 18.4 Å². The molecule has 2 aromatic heterocycles. The standard InChI is InChI=1S/C28H31F4N7O3/c1-15-13-39(14-16(2)37(15)3)21-9-20(29)23(17-10-34-28(35-11-17)38-4-6-42-7-5-38)24(30)25(21)36-27(41)19-12-33-22(40)8-18(19)26(31)32/h8-12,15-16,26H,4-7,13-14H2,1-3H3,(H,33,40)(H,36,41)/t15-,16+. The summed E-state index contributed by atoms with van der Waals surface area (Å²) < 4.78 is 64.8. The number of nitrogens with zero attached hydrogens (tertiary/aromatic N) is 5. The number of anilines is 3. The van der Waals surface area contributed by atoms with Gasteiger partial charge in [-0.05, 0) is 20.9 Å². The van der Waals surface area contributed by atoms with Crippen molar-refractivity contribution in [2.75, 3.05) is 61.6 Å². The van der Waals surface area contributed by atoms with Gasteiger partial charge in [-0.15, -0.1) is 0 Å². The van der Waals surface area contributed by atoms with E-state index in [1.165, 1.54) is 12.4 Å². The number of aromatic nitrogens is 3. The van der Waals surface area contributed by atoms with Gasteiger partial charge in [0, 0.05) is 80.1 Å². The number of halogens is 4. The van der Waals surface area contributed by atoms with E-state index in [0.29, 0.717) is 51.4 Å². The molecule has 5 rings (SSSR count). The van der Waals surface area contributed by atoms with E-state index in [4.69, 9.17) is 4.74 Å². The molecular formula is C28H31F4N7O3. The molecule has 2 aliphatic rings. The minimum atomic E-state index is -3.14. The van der Waals surface area contributed by atoms with E-state index in [0.717, 1.165) is 12.3 Å². The zero-order valence-corrected chi connectivity index (χ0v) is 23.3. The first kappa shape index (κ1) is 29.5. The number of H-pyrrole nitrogens is 1. The molecule has 0 saturated carbocycles. The first-order valence-electron chi connectivity index (χ1n) is 13.5. The first-order chi connectivity index (χ1) is 20.0. The molecule has 0 spiro atoms. The molecule has 10 nitrogen and oxygen atoms in total. The predicted molar refractivity (Wildman–Crippen MR) is 149 cm³/mol. The predicted octanol–water partition coefficient (Wildman–Crippen LogP) is 3.67. The van der Waals surface area contributed by atoms with Crippen molar-refractivity contribution in [2.45, 2.75) is 32.4 Å². The number of pyridine rings is 1. The Balaban J connectivity index is 1.58. The number of likely N-dealkylation sites (N-methyl/N-ethyl adjacent to an activating group) is 1. The van der Waals surface area contributed by atoms with Crippen LogP contribution in [0.1, 0.15) is 36.2 Å². The van der Waals surface area contributed by atoms with Crippen LogP contribution in [0.25, 0.3) is 11.1 Å². The molecule has 0 aliphatic carbocycles. The summed E-state index contributed by atoms with van der Waals surface area (Å²) >= 11 is 0. The highest BCUT2D eigenvalue weighted by molar-refractivity contribution is 6.07. The number of carbonyl (C=O) groups excluding carboxylic acids is 1. The van der Waals surface area contributed by atoms with Gasteiger partial charge in [0.25, 0.3) is 12.3 Å². The zero-order chi connectivity index (χ0) is 30.1. The van der Waals surface area contributed by atoms with Crippen molar-refractivity contribution in [3.63, 3.8) is 0 Å². The molecule has 2 aliphatic heterocycles. The maximum Gasteiger partial charge on any atom is 0.264 e. The second-order valence-electron chi connectivity index (χ2n) is 10.5. The van der Waals surface area contributed by atoms with Gasteiger partial charge in [0.05, 0.1) is 30.0 Å². The number of amides is 1. The van der Waals surface area contributed by atoms with Crippen LogP contribution >= 0.6 is 0 Å². The highest BCUT2D eigenvalue weighted by Crippen LogP contribution is 2.39. The highest BCUT2D eigenvalue weighted by atomic mass is 19.3. The van der Waals surface area contributed by atoms with Crippen molar-refractivity contribution >= 4 is 23.2 Å². The van der Waals surface area contributed by atoms with Crippen molar-refractivity contribution in [3.05, 3.63) is 63.8 Å². The lowest BCUT2D eigenvalue weighted by Crippen LogP contribution is -2.55. The Labute approximate surface area is 239 Å². The zero-order valence-electron chi connectivity index (χ0n) is 23.3. The van der Waals surface area contributed by atoms with Gasteiger partial charge >= 0.3 is 0 Å². The van der Waals surface area contributed by atoms with E-state index < -0.39 is 46.2 Å². The Morgan fingerprint density at radius 1 is 1.07 bits per heavy atom. The Morgan fingerprint density at radius 3 is 2.33 bits per heavy atom. The fourth-order valence-corrected chi connectivity index (χ4v) is 5.26. The third kappa shape index (κ3) is 5.81. The SMILES string of the molecule is C[C@@H]1CN(c2cc(F)c(-c3cnc(N4CCOCC4)nc3)c(F)c2NC(=O)c2c[nH]c(=O)cc2C(F)F)C[C@H](C)N1C. The molecule has 2 atom stereocenters. The van der Waals surface area contributed by atoms with E-state index in [1.807, 2.05) is 25.8 Å². The Morgan fingerprint density at radius 2 is 1.71 bits per heavy atom. The first-order valence-corrected chi connectivity index (χ1v) is 13.5. The molecule has 2 N–H and O–H groups in total. The lowest BCUT2D eigenvalue weighted by molar-refractivity contribution is 0.101. The molecule has 0 radical (unpaired) electrons. The van der Waals surface area contributed by atoms with Crippen LogP contribution in [0, 0.1) is 11.6 Å². The quantitative estimate of drug-likeness (QED) is 0.420. The topological polar surface area (TPSA) is 107 Å². The number of morpholine rings is 1. The number of nitrogens with one attached hydrogen (secondary N) is 2. The lowest BCUT2D eigenvalue weighted by Gasteiger charge is -2.44. The maximum atomic E-state index is 16.4. The van der Waals surface area contributed by atoms with Crippen LogP contribution in [-0.2, 0) is 4.74 Å². The summed E-state index contributed by atoms with van der Waals surface area (Å²) in [7, 11) is 1.95. The number of piperazine rings is 1. The number of hydrogen-bond acceptors (Lipinski definition) is 8. The largest absolute Gasteiger partial charge is 0.378 e. The van der Waals surface area contributed by atoms with Crippen LogP contribution < -0.4 is 20.7 Å². The summed E-state index contributed by atoms with van der Waals surface area (Å²) in [6.45, 7) is 6.85.